The first-order valence-electron chi connectivity index (χ1n) is 10.4. The van der Waals surface area contributed by atoms with Crippen LogP contribution >= 0.6 is 0 Å². The van der Waals surface area contributed by atoms with E-state index in [2.05, 4.69) is 51.2 Å². The van der Waals surface area contributed by atoms with Crippen molar-refractivity contribution in [3.63, 3.8) is 0 Å². The number of nitrogens with zero attached hydrogens (tertiary/aromatic N) is 4. The molecule has 3 heterocycles. The van der Waals surface area contributed by atoms with Gasteiger partial charge in [-0.2, -0.15) is 0 Å². The van der Waals surface area contributed by atoms with Gasteiger partial charge in [0.2, 0.25) is 5.95 Å². The zero-order valence-corrected chi connectivity index (χ0v) is 17.9. The van der Waals surface area contributed by atoms with Crippen LogP contribution in [0.3, 0.4) is 0 Å². The normalized spacial score (nSPS) is 11.1. The van der Waals surface area contributed by atoms with Crippen molar-refractivity contribution in [2.24, 2.45) is 5.73 Å². The van der Waals surface area contributed by atoms with Crippen LogP contribution in [-0.2, 0) is 6.54 Å². The van der Waals surface area contributed by atoms with Gasteiger partial charge in [0.05, 0.1) is 16.7 Å². The van der Waals surface area contributed by atoms with Gasteiger partial charge in [-0.05, 0) is 66.9 Å². The smallest absolute Gasteiger partial charge is 0.227 e. The van der Waals surface area contributed by atoms with Gasteiger partial charge in [0, 0.05) is 41.9 Å². The van der Waals surface area contributed by atoms with Crippen molar-refractivity contribution in [1.29, 1.82) is 0 Å². The Bertz CT molecular complexity index is 1370. The van der Waals surface area contributed by atoms with E-state index in [0.717, 1.165) is 44.9 Å². The number of H-pyrrole nitrogens is 1. The number of nitrogens with two attached hydrogens (primary N) is 1. The molecule has 0 radical (unpaired) electrons. The van der Waals surface area contributed by atoms with Crippen LogP contribution < -0.4 is 11.1 Å². The summed E-state index contributed by atoms with van der Waals surface area (Å²) < 4.78 is 0. The monoisotopic (exact) mass is 421 g/mol. The van der Waals surface area contributed by atoms with Crippen molar-refractivity contribution < 1.29 is 0 Å². The molecule has 0 fully saturated rings. The molecule has 0 saturated heterocycles. The molecule has 5 rings (SSSR count). The largest absolute Gasteiger partial charge is 0.338 e. The van der Waals surface area contributed by atoms with Crippen LogP contribution in [0.5, 0.6) is 0 Å². The molecular formula is C25H23N7. The predicted molar refractivity (Wildman–Crippen MR) is 127 cm³/mol. The van der Waals surface area contributed by atoms with Crippen LogP contribution in [0.1, 0.15) is 16.7 Å². The lowest BCUT2D eigenvalue weighted by molar-refractivity contribution is 1.07. The van der Waals surface area contributed by atoms with Gasteiger partial charge in [-0.1, -0.05) is 12.1 Å². The Labute approximate surface area is 185 Å². The average Bonchev–Trinajstić information content (AvgIpc) is 3.23. The molecule has 0 aliphatic heterocycles. The van der Waals surface area contributed by atoms with E-state index in [1.165, 1.54) is 11.1 Å². The highest BCUT2D eigenvalue weighted by Gasteiger charge is 2.11. The highest BCUT2D eigenvalue weighted by molar-refractivity contribution is 5.82. The summed E-state index contributed by atoms with van der Waals surface area (Å²) >= 11 is 0. The third-order valence-corrected chi connectivity index (χ3v) is 5.56. The number of aromatic amines is 1. The first-order valence-corrected chi connectivity index (χ1v) is 10.4. The molecule has 32 heavy (non-hydrogen) atoms. The van der Waals surface area contributed by atoms with E-state index in [4.69, 9.17) is 10.7 Å². The van der Waals surface area contributed by atoms with Crippen molar-refractivity contribution in [1.82, 2.24) is 24.9 Å². The fourth-order valence-corrected chi connectivity index (χ4v) is 3.64. The molecule has 3 aromatic heterocycles. The van der Waals surface area contributed by atoms with Crippen molar-refractivity contribution in [2.75, 3.05) is 5.32 Å². The molecular weight excluding hydrogens is 398 g/mol. The lowest BCUT2D eigenvalue weighted by Gasteiger charge is -2.12. The standard InChI is InChI=1S/C25H23N7/c1-15-10-22-23(11-16(15)2)30-24(29-22)17-5-6-18(13-26)21(12-17)32-25-28-9-7-20(31-25)19-4-3-8-27-14-19/h3-12,14H,13,26H2,1-2H3,(H,29,30)(H,28,31,32). The van der Waals surface area contributed by atoms with Gasteiger partial charge in [0.25, 0.3) is 0 Å². The molecule has 0 aliphatic carbocycles. The highest BCUT2D eigenvalue weighted by Crippen LogP contribution is 2.28. The Hall–Kier alpha value is -4.10. The highest BCUT2D eigenvalue weighted by atomic mass is 15.1. The topological polar surface area (TPSA) is 105 Å². The average molecular weight is 422 g/mol. The van der Waals surface area contributed by atoms with Crippen LogP contribution in [0.15, 0.2) is 67.1 Å². The summed E-state index contributed by atoms with van der Waals surface area (Å²) in [6.07, 6.45) is 5.25. The number of aryl methyl sites for hydroxylation is 2. The number of nitrogens with one attached hydrogen (secondary N) is 2. The van der Waals surface area contributed by atoms with Gasteiger partial charge in [-0.15, -0.1) is 0 Å². The second-order valence-electron chi connectivity index (χ2n) is 7.75. The molecule has 0 amide bonds. The van der Waals surface area contributed by atoms with Gasteiger partial charge >= 0.3 is 0 Å². The first-order chi connectivity index (χ1) is 15.6. The molecule has 0 saturated carbocycles. The molecule has 7 heteroatoms. The minimum atomic E-state index is 0.392. The van der Waals surface area contributed by atoms with Crippen molar-refractivity contribution >= 4 is 22.7 Å². The van der Waals surface area contributed by atoms with Gasteiger partial charge < -0.3 is 16.0 Å². The molecule has 0 spiro atoms. The quantitative estimate of drug-likeness (QED) is 0.373. The molecule has 0 atom stereocenters. The summed E-state index contributed by atoms with van der Waals surface area (Å²) in [6, 6.07) is 16.0. The summed E-state index contributed by atoms with van der Waals surface area (Å²) in [7, 11) is 0. The van der Waals surface area contributed by atoms with Gasteiger partial charge in [-0.25, -0.2) is 15.0 Å². The fraction of sp³-hybridized carbons (Fsp3) is 0.120. The number of imidazole rings is 1. The predicted octanol–water partition coefficient (Wildman–Crippen LogP) is 4.90. The van der Waals surface area contributed by atoms with Crippen LogP contribution in [0.2, 0.25) is 0 Å². The fourth-order valence-electron chi connectivity index (χ4n) is 3.64. The summed E-state index contributed by atoms with van der Waals surface area (Å²) in [5.74, 6) is 1.30. The Balaban J connectivity index is 1.51. The van der Waals surface area contributed by atoms with Gasteiger partial charge in [0.15, 0.2) is 0 Å². The number of benzene rings is 2. The van der Waals surface area contributed by atoms with E-state index < -0.39 is 0 Å². The van der Waals surface area contributed by atoms with E-state index in [0.29, 0.717) is 12.5 Å². The number of aromatic nitrogens is 5. The summed E-state index contributed by atoms with van der Waals surface area (Å²) in [5.41, 5.74) is 14.9. The lowest BCUT2D eigenvalue weighted by Crippen LogP contribution is -2.04. The van der Waals surface area contributed by atoms with Crippen molar-refractivity contribution in [3.05, 3.63) is 83.8 Å². The maximum Gasteiger partial charge on any atom is 0.227 e. The van der Waals surface area contributed by atoms with Crippen LogP contribution in [0.25, 0.3) is 33.7 Å². The Morgan fingerprint density at radius 2 is 1.81 bits per heavy atom. The van der Waals surface area contributed by atoms with Crippen LogP contribution in [-0.4, -0.2) is 24.9 Å². The summed E-state index contributed by atoms with van der Waals surface area (Å²) in [4.78, 5) is 21.4. The van der Waals surface area contributed by atoms with E-state index in [1.807, 2.05) is 36.4 Å². The second kappa shape index (κ2) is 8.20. The van der Waals surface area contributed by atoms with Crippen molar-refractivity contribution in [2.45, 2.75) is 20.4 Å². The molecule has 0 unspecified atom stereocenters. The SMILES string of the molecule is Cc1cc2nc(-c3ccc(CN)c(Nc4nccc(-c5cccnc5)n4)c3)[nH]c2cc1C. The maximum atomic E-state index is 6.00. The second-order valence-corrected chi connectivity index (χ2v) is 7.75. The first kappa shape index (κ1) is 19.8. The summed E-state index contributed by atoms with van der Waals surface area (Å²) in [6.45, 7) is 4.59. The summed E-state index contributed by atoms with van der Waals surface area (Å²) in [5, 5.41) is 3.33. The van der Waals surface area contributed by atoms with Gasteiger partial charge in [-0.3, -0.25) is 4.98 Å². The number of hydrogen-bond acceptors (Lipinski definition) is 6. The number of pyridine rings is 1. The molecule has 7 nitrogen and oxygen atoms in total. The van der Waals surface area contributed by atoms with E-state index in [-0.39, 0.29) is 0 Å². The zero-order valence-electron chi connectivity index (χ0n) is 17.9. The molecule has 0 bridgehead atoms. The third-order valence-electron chi connectivity index (χ3n) is 5.56. The van der Waals surface area contributed by atoms with E-state index in [1.54, 1.807) is 18.6 Å². The Kier molecular flexibility index (Phi) is 5.09. The molecule has 2 aromatic carbocycles. The number of rotatable bonds is 5. The Morgan fingerprint density at radius 1 is 0.938 bits per heavy atom. The molecule has 158 valence electrons. The van der Waals surface area contributed by atoms with Crippen LogP contribution in [0.4, 0.5) is 11.6 Å². The minimum Gasteiger partial charge on any atom is -0.338 e. The zero-order chi connectivity index (χ0) is 22.1. The van der Waals surface area contributed by atoms with E-state index >= 15 is 0 Å². The minimum absolute atomic E-state index is 0.392. The lowest BCUT2D eigenvalue weighted by atomic mass is 10.1. The Morgan fingerprint density at radius 3 is 2.62 bits per heavy atom. The molecule has 4 N–H and O–H groups in total. The van der Waals surface area contributed by atoms with Crippen LogP contribution in [0, 0.1) is 13.8 Å². The maximum absolute atomic E-state index is 6.00. The van der Waals surface area contributed by atoms with E-state index in [9.17, 15) is 0 Å². The molecule has 5 aromatic rings. The van der Waals surface area contributed by atoms with Gasteiger partial charge in [0.1, 0.15) is 5.82 Å². The molecule has 0 aliphatic rings. The number of anilines is 2. The third kappa shape index (κ3) is 3.81. The number of fused-ring (bicyclic) bond motifs is 1. The number of hydrogen-bond donors (Lipinski definition) is 3. The van der Waals surface area contributed by atoms with Crippen molar-refractivity contribution in [3.8, 4) is 22.6 Å².